The molecular formula is C18H23N3O. The summed E-state index contributed by atoms with van der Waals surface area (Å²) in [5.74, 6) is 1.97. The molecule has 1 aliphatic heterocycles. The first-order valence-electron chi connectivity index (χ1n) is 7.94. The lowest BCUT2D eigenvalue weighted by Gasteiger charge is -2.16. The van der Waals surface area contributed by atoms with Gasteiger partial charge in [-0.15, -0.1) is 6.58 Å². The molecule has 116 valence electrons. The molecule has 1 saturated heterocycles. The van der Waals surface area contributed by atoms with E-state index in [0.717, 1.165) is 24.4 Å². The standard InChI is InChI=1S/C18H23N3O/c1-4-9-20-12-14(10-17(20)22)18-19-15-7-5-6-8-16(15)21(18)11-13(2)3/h4-8,13-14H,1,9-12H2,2-3H3/t14-/m0/s1. The summed E-state index contributed by atoms with van der Waals surface area (Å²) >= 11 is 0. The second kappa shape index (κ2) is 5.95. The summed E-state index contributed by atoms with van der Waals surface area (Å²) in [6.07, 6.45) is 2.34. The predicted octanol–water partition coefficient (Wildman–Crippen LogP) is 3.19. The summed E-state index contributed by atoms with van der Waals surface area (Å²) in [7, 11) is 0. The Morgan fingerprint density at radius 1 is 1.41 bits per heavy atom. The Bertz CT molecular complexity index is 701. The first-order chi connectivity index (χ1) is 10.6. The number of fused-ring (bicyclic) bond motifs is 1. The molecule has 0 N–H and O–H groups in total. The van der Waals surface area contributed by atoms with E-state index in [9.17, 15) is 4.79 Å². The SMILES string of the molecule is C=CCN1C[C@@H](c2nc3ccccc3n2CC(C)C)CC1=O. The second-order valence-corrected chi connectivity index (χ2v) is 6.45. The fourth-order valence-corrected chi connectivity index (χ4v) is 3.24. The van der Waals surface area contributed by atoms with Crippen LogP contribution in [0.2, 0.25) is 0 Å². The number of amides is 1. The molecule has 1 fully saturated rings. The molecule has 1 aliphatic rings. The smallest absolute Gasteiger partial charge is 0.223 e. The van der Waals surface area contributed by atoms with Crippen molar-refractivity contribution in [3.05, 3.63) is 42.7 Å². The number of hydrogen-bond donors (Lipinski definition) is 0. The summed E-state index contributed by atoms with van der Waals surface area (Å²) in [5, 5.41) is 0. The maximum Gasteiger partial charge on any atom is 0.223 e. The number of carbonyl (C=O) groups is 1. The topological polar surface area (TPSA) is 38.1 Å². The van der Waals surface area contributed by atoms with Gasteiger partial charge in [-0.05, 0) is 18.1 Å². The molecule has 4 heteroatoms. The van der Waals surface area contributed by atoms with Crippen LogP contribution in [0.3, 0.4) is 0 Å². The molecule has 4 nitrogen and oxygen atoms in total. The van der Waals surface area contributed by atoms with Crippen LogP contribution in [0.15, 0.2) is 36.9 Å². The minimum absolute atomic E-state index is 0.179. The van der Waals surface area contributed by atoms with Crippen molar-refractivity contribution in [1.82, 2.24) is 14.5 Å². The summed E-state index contributed by atoms with van der Waals surface area (Å²) in [6, 6.07) is 8.23. The highest BCUT2D eigenvalue weighted by molar-refractivity contribution is 5.81. The van der Waals surface area contributed by atoms with E-state index >= 15 is 0 Å². The van der Waals surface area contributed by atoms with Gasteiger partial charge in [-0.3, -0.25) is 4.79 Å². The van der Waals surface area contributed by atoms with Gasteiger partial charge in [-0.2, -0.15) is 0 Å². The maximum atomic E-state index is 12.1. The number of imidazole rings is 1. The number of hydrogen-bond acceptors (Lipinski definition) is 2. The average molecular weight is 297 g/mol. The number of likely N-dealkylation sites (tertiary alicyclic amines) is 1. The van der Waals surface area contributed by atoms with Crippen LogP contribution in [0.1, 0.15) is 32.0 Å². The Kier molecular flexibility index (Phi) is 4.01. The van der Waals surface area contributed by atoms with Crippen LogP contribution < -0.4 is 0 Å². The monoisotopic (exact) mass is 297 g/mol. The Morgan fingerprint density at radius 3 is 2.91 bits per heavy atom. The van der Waals surface area contributed by atoms with Crippen molar-refractivity contribution in [2.75, 3.05) is 13.1 Å². The molecule has 22 heavy (non-hydrogen) atoms. The van der Waals surface area contributed by atoms with Crippen LogP contribution in [0.4, 0.5) is 0 Å². The third-order valence-corrected chi connectivity index (χ3v) is 4.16. The van der Waals surface area contributed by atoms with Gasteiger partial charge in [-0.25, -0.2) is 4.98 Å². The van der Waals surface area contributed by atoms with Gasteiger partial charge in [0.2, 0.25) is 5.91 Å². The average Bonchev–Trinajstić information content (AvgIpc) is 3.01. The molecule has 1 aromatic carbocycles. The summed E-state index contributed by atoms with van der Waals surface area (Å²) in [4.78, 5) is 18.8. The van der Waals surface area contributed by atoms with Gasteiger partial charge in [0, 0.05) is 32.0 Å². The van der Waals surface area contributed by atoms with Crippen LogP contribution in [-0.4, -0.2) is 33.4 Å². The molecule has 0 unspecified atom stereocenters. The van der Waals surface area contributed by atoms with Crippen LogP contribution in [-0.2, 0) is 11.3 Å². The Morgan fingerprint density at radius 2 is 2.18 bits per heavy atom. The fraction of sp³-hybridized carbons (Fsp3) is 0.444. The molecule has 0 saturated carbocycles. The van der Waals surface area contributed by atoms with E-state index < -0.39 is 0 Å². The first kappa shape index (κ1) is 14.8. The molecule has 0 radical (unpaired) electrons. The van der Waals surface area contributed by atoms with Crippen molar-refractivity contribution in [2.24, 2.45) is 5.92 Å². The number of nitrogens with zero attached hydrogens (tertiary/aromatic N) is 3. The molecule has 0 spiro atoms. The Balaban J connectivity index is 1.99. The zero-order valence-electron chi connectivity index (χ0n) is 13.3. The van der Waals surface area contributed by atoms with E-state index in [1.807, 2.05) is 17.0 Å². The predicted molar refractivity (Wildman–Crippen MR) is 88.7 cm³/mol. The normalized spacial score (nSPS) is 18.6. The number of rotatable bonds is 5. The first-order valence-corrected chi connectivity index (χ1v) is 7.94. The van der Waals surface area contributed by atoms with Crippen molar-refractivity contribution in [2.45, 2.75) is 32.7 Å². The highest BCUT2D eigenvalue weighted by Crippen LogP contribution is 2.30. The van der Waals surface area contributed by atoms with Crippen molar-refractivity contribution in [3.63, 3.8) is 0 Å². The third kappa shape index (κ3) is 2.65. The van der Waals surface area contributed by atoms with Gasteiger partial charge >= 0.3 is 0 Å². The fourth-order valence-electron chi connectivity index (χ4n) is 3.24. The molecule has 1 aromatic heterocycles. The largest absolute Gasteiger partial charge is 0.338 e. The van der Waals surface area contributed by atoms with E-state index in [1.54, 1.807) is 6.08 Å². The third-order valence-electron chi connectivity index (χ3n) is 4.16. The lowest BCUT2D eigenvalue weighted by molar-refractivity contribution is -0.127. The molecule has 2 aromatic rings. The minimum atomic E-state index is 0.179. The summed E-state index contributed by atoms with van der Waals surface area (Å²) < 4.78 is 2.30. The summed E-state index contributed by atoms with van der Waals surface area (Å²) in [6.45, 7) is 10.5. The molecule has 1 atom stereocenters. The van der Waals surface area contributed by atoms with Crippen LogP contribution in [0.5, 0.6) is 0 Å². The van der Waals surface area contributed by atoms with Gasteiger partial charge in [0.1, 0.15) is 5.82 Å². The van der Waals surface area contributed by atoms with Crippen molar-refractivity contribution in [3.8, 4) is 0 Å². The van der Waals surface area contributed by atoms with Gasteiger partial charge in [-0.1, -0.05) is 32.1 Å². The van der Waals surface area contributed by atoms with Crippen LogP contribution >= 0.6 is 0 Å². The second-order valence-electron chi connectivity index (χ2n) is 6.45. The number of aromatic nitrogens is 2. The lowest BCUT2D eigenvalue weighted by Crippen LogP contribution is -2.25. The molecule has 0 bridgehead atoms. The number of carbonyl (C=O) groups excluding carboxylic acids is 1. The highest BCUT2D eigenvalue weighted by Gasteiger charge is 2.33. The Labute approximate surface area is 131 Å². The van der Waals surface area contributed by atoms with E-state index in [-0.39, 0.29) is 11.8 Å². The van der Waals surface area contributed by atoms with Gasteiger partial charge in [0.15, 0.2) is 0 Å². The molecular weight excluding hydrogens is 274 g/mol. The minimum Gasteiger partial charge on any atom is -0.338 e. The van der Waals surface area contributed by atoms with Crippen molar-refractivity contribution < 1.29 is 4.79 Å². The van der Waals surface area contributed by atoms with E-state index in [1.165, 1.54) is 5.52 Å². The van der Waals surface area contributed by atoms with Crippen molar-refractivity contribution >= 4 is 16.9 Å². The molecule has 2 heterocycles. The van der Waals surface area contributed by atoms with Crippen molar-refractivity contribution in [1.29, 1.82) is 0 Å². The Hall–Kier alpha value is -2.10. The number of para-hydroxylation sites is 2. The van der Waals surface area contributed by atoms with Gasteiger partial charge in [0.05, 0.1) is 11.0 Å². The number of benzene rings is 1. The highest BCUT2D eigenvalue weighted by atomic mass is 16.2. The van der Waals surface area contributed by atoms with Gasteiger partial charge < -0.3 is 9.47 Å². The summed E-state index contributed by atoms with van der Waals surface area (Å²) in [5.41, 5.74) is 2.19. The maximum absolute atomic E-state index is 12.1. The van der Waals surface area contributed by atoms with Crippen LogP contribution in [0, 0.1) is 5.92 Å². The van der Waals surface area contributed by atoms with E-state index in [0.29, 0.717) is 18.9 Å². The van der Waals surface area contributed by atoms with E-state index in [2.05, 4.69) is 37.1 Å². The van der Waals surface area contributed by atoms with E-state index in [4.69, 9.17) is 4.98 Å². The van der Waals surface area contributed by atoms with Crippen LogP contribution in [0.25, 0.3) is 11.0 Å². The molecule has 0 aliphatic carbocycles. The quantitative estimate of drug-likeness (QED) is 0.795. The zero-order chi connectivity index (χ0) is 15.7. The zero-order valence-corrected chi connectivity index (χ0v) is 13.3. The van der Waals surface area contributed by atoms with Gasteiger partial charge in [0.25, 0.3) is 0 Å². The molecule has 3 rings (SSSR count). The lowest BCUT2D eigenvalue weighted by atomic mass is 10.1. The molecule has 1 amide bonds.